The summed E-state index contributed by atoms with van der Waals surface area (Å²) < 4.78 is 1.78. The molecule has 2 aromatic heterocycles. The number of hydrogen-bond donors (Lipinski definition) is 1. The van der Waals surface area contributed by atoms with Gasteiger partial charge in [-0.2, -0.15) is 4.98 Å². The van der Waals surface area contributed by atoms with Crippen molar-refractivity contribution in [3.05, 3.63) is 83.2 Å². The Hall–Kier alpha value is -3.51. The topological polar surface area (TPSA) is 59.3 Å². The Bertz CT molecular complexity index is 1330. The maximum Gasteiger partial charge on any atom is 0.250 e. The minimum Gasteiger partial charge on any atom is -0.293 e. The zero-order chi connectivity index (χ0) is 19.8. The predicted octanol–water partition coefficient (Wildman–Crippen LogP) is 5.10. The molecule has 5 nitrogen and oxygen atoms in total. The smallest absolute Gasteiger partial charge is 0.250 e. The Labute approximate surface area is 171 Å². The van der Waals surface area contributed by atoms with Gasteiger partial charge in [-0.05, 0) is 23.3 Å². The summed E-state index contributed by atoms with van der Waals surface area (Å²) in [7, 11) is 0. The maximum absolute atomic E-state index is 12.6. The second-order valence-corrected chi connectivity index (χ2v) is 7.82. The highest BCUT2D eigenvalue weighted by molar-refractivity contribution is 7.15. The van der Waals surface area contributed by atoms with Gasteiger partial charge in [0, 0.05) is 10.9 Å². The molecule has 6 heteroatoms. The largest absolute Gasteiger partial charge is 0.293 e. The molecule has 5 rings (SSSR count). The van der Waals surface area contributed by atoms with Gasteiger partial charge in [0.2, 0.25) is 16.8 Å². The van der Waals surface area contributed by atoms with E-state index in [2.05, 4.69) is 46.6 Å². The van der Waals surface area contributed by atoms with Gasteiger partial charge in [-0.15, -0.1) is 16.4 Å². The lowest BCUT2D eigenvalue weighted by Crippen LogP contribution is -2.15. The van der Waals surface area contributed by atoms with Crippen LogP contribution in [-0.4, -0.2) is 20.5 Å². The maximum atomic E-state index is 12.6. The normalized spacial score (nSPS) is 11.2. The van der Waals surface area contributed by atoms with E-state index < -0.39 is 0 Å². The van der Waals surface area contributed by atoms with E-state index in [1.165, 1.54) is 16.9 Å². The molecule has 0 bridgehead atoms. The molecule has 0 atom stereocenters. The van der Waals surface area contributed by atoms with Crippen LogP contribution in [0.25, 0.3) is 27.0 Å². The van der Waals surface area contributed by atoms with Crippen molar-refractivity contribution in [2.75, 3.05) is 5.32 Å². The summed E-state index contributed by atoms with van der Waals surface area (Å²) >= 11 is 1.50. The number of aryl methyl sites for hydroxylation is 1. The lowest BCUT2D eigenvalue weighted by atomic mass is 10.0. The van der Waals surface area contributed by atoms with Gasteiger partial charge in [0.05, 0.1) is 12.1 Å². The van der Waals surface area contributed by atoms with E-state index >= 15 is 0 Å². The molecule has 0 aliphatic heterocycles. The molecular weight excluding hydrogens is 380 g/mol. The SMILES string of the molecule is Cc1ccc(-c2csc3nc(NC(=O)Cc4cccc5ccccc45)nn23)cc1. The zero-order valence-corrected chi connectivity index (χ0v) is 16.6. The summed E-state index contributed by atoms with van der Waals surface area (Å²) in [6, 6.07) is 22.4. The highest BCUT2D eigenvalue weighted by Crippen LogP contribution is 2.26. The van der Waals surface area contributed by atoms with E-state index in [9.17, 15) is 4.79 Å². The number of amides is 1. The summed E-state index contributed by atoms with van der Waals surface area (Å²) in [5.41, 5.74) is 4.23. The van der Waals surface area contributed by atoms with Crippen molar-refractivity contribution in [1.82, 2.24) is 14.6 Å². The molecule has 0 radical (unpaired) electrons. The third-order valence-electron chi connectivity index (χ3n) is 4.91. The molecule has 1 N–H and O–H groups in total. The van der Waals surface area contributed by atoms with Crippen LogP contribution in [0.3, 0.4) is 0 Å². The van der Waals surface area contributed by atoms with E-state index in [0.29, 0.717) is 5.95 Å². The number of anilines is 1. The monoisotopic (exact) mass is 398 g/mol. The summed E-state index contributed by atoms with van der Waals surface area (Å²) in [5.74, 6) is 0.201. The van der Waals surface area contributed by atoms with E-state index in [0.717, 1.165) is 32.6 Å². The average molecular weight is 398 g/mol. The number of nitrogens with zero attached hydrogens (tertiary/aromatic N) is 3. The number of benzene rings is 3. The molecule has 0 fully saturated rings. The Balaban J connectivity index is 1.39. The van der Waals surface area contributed by atoms with Crippen molar-refractivity contribution in [1.29, 1.82) is 0 Å². The van der Waals surface area contributed by atoms with Gasteiger partial charge in [0.25, 0.3) is 0 Å². The molecular formula is C23H18N4OS. The Morgan fingerprint density at radius 2 is 1.83 bits per heavy atom. The first-order valence-electron chi connectivity index (χ1n) is 9.35. The third kappa shape index (κ3) is 3.39. The fourth-order valence-corrected chi connectivity index (χ4v) is 4.28. The van der Waals surface area contributed by atoms with Crippen molar-refractivity contribution in [2.45, 2.75) is 13.3 Å². The Morgan fingerprint density at radius 1 is 1.03 bits per heavy atom. The number of aromatic nitrogens is 3. The van der Waals surface area contributed by atoms with Gasteiger partial charge < -0.3 is 0 Å². The molecule has 2 heterocycles. The number of carbonyl (C=O) groups excluding carboxylic acids is 1. The minimum absolute atomic E-state index is 0.128. The molecule has 5 aromatic rings. The number of nitrogens with one attached hydrogen (secondary N) is 1. The van der Waals surface area contributed by atoms with Crippen LogP contribution < -0.4 is 5.32 Å². The van der Waals surface area contributed by atoms with Crippen LogP contribution in [-0.2, 0) is 11.2 Å². The van der Waals surface area contributed by atoms with E-state index in [1.807, 2.05) is 47.8 Å². The summed E-state index contributed by atoms with van der Waals surface area (Å²) in [5, 5.41) is 11.6. The lowest BCUT2D eigenvalue weighted by molar-refractivity contribution is -0.115. The number of rotatable bonds is 4. The van der Waals surface area contributed by atoms with Gasteiger partial charge in [-0.3, -0.25) is 10.1 Å². The molecule has 0 saturated carbocycles. The van der Waals surface area contributed by atoms with Gasteiger partial charge in [-0.1, -0.05) is 72.3 Å². The lowest BCUT2D eigenvalue weighted by Gasteiger charge is -2.06. The molecule has 0 aliphatic carbocycles. The van der Waals surface area contributed by atoms with E-state index in [-0.39, 0.29) is 12.3 Å². The van der Waals surface area contributed by atoms with Gasteiger partial charge in [-0.25, -0.2) is 4.52 Å². The van der Waals surface area contributed by atoms with Crippen molar-refractivity contribution >= 4 is 38.9 Å². The highest BCUT2D eigenvalue weighted by atomic mass is 32.1. The van der Waals surface area contributed by atoms with Gasteiger partial charge >= 0.3 is 0 Å². The molecule has 0 saturated heterocycles. The molecule has 29 heavy (non-hydrogen) atoms. The zero-order valence-electron chi connectivity index (χ0n) is 15.8. The second-order valence-electron chi connectivity index (χ2n) is 6.98. The van der Waals surface area contributed by atoms with E-state index in [1.54, 1.807) is 4.52 Å². The highest BCUT2D eigenvalue weighted by Gasteiger charge is 2.14. The molecule has 3 aromatic carbocycles. The molecule has 0 spiro atoms. The van der Waals surface area contributed by atoms with Crippen molar-refractivity contribution in [2.24, 2.45) is 0 Å². The van der Waals surface area contributed by atoms with Crippen LogP contribution in [0.15, 0.2) is 72.1 Å². The summed E-state index contributed by atoms with van der Waals surface area (Å²) in [6.45, 7) is 2.06. The molecule has 1 amide bonds. The Kier molecular flexibility index (Phi) is 4.33. The van der Waals surface area contributed by atoms with Crippen LogP contribution >= 0.6 is 11.3 Å². The number of fused-ring (bicyclic) bond motifs is 2. The number of carbonyl (C=O) groups is 1. The summed E-state index contributed by atoms with van der Waals surface area (Å²) in [4.78, 5) is 17.8. The van der Waals surface area contributed by atoms with Crippen molar-refractivity contribution < 1.29 is 4.79 Å². The fraction of sp³-hybridized carbons (Fsp3) is 0.0870. The minimum atomic E-state index is -0.128. The first-order chi connectivity index (χ1) is 14.2. The van der Waals surface area contributed by atoms with Crippen LogP contribution in [0.5, 0.6) is 0 Å². The van der Waals surface area contributed by atoms with Crippen LogP contribution in [0.4, 0.5) is 5.95 Å². The van der Waals surface area contributed by atoms with Crippen LogP contribution in [0, 0.1) is 6.92 Å². The molecule has 0 unspecified atom stereocenters. The predicted molar refractivity (Wildman–Crippen MR) is 117 cm³/mol. The molecule has 0 aliphatic rings. The fourth-order valence-electron chi connectivity index (χ4n) is 3.45. The van der Waals surface area contributed by atoms with E-state index in [4.69, 9.17) is 0 Å². The average Bonchev–Trinajstić information content (AvgIpc) is 3.29. The first-order valence-corrected chi connectivity index (χ1v) is 10.2. The first kappa shape index (κ1) is 17.6. The standard InChI is InChI=1S/C23H18N4OS/c1-15-9-11-17(12-10-15)20-14-29-23-25-22(26-27(20)23)24-21(28)13-18-7-4-6-16-5-2-3-8-19(16)18/h2-12,14H,13H2,1H3,(H,24,26,28). The van der Waals surface area contributed by atoms with Crippen LogP contribution in [0.2, 0.25) is 0 Å². The number of hydrogen-bond acceptors (Lipinski definition) is 4. The van der Waals surface area contributed by atoms with Gasteiger partial charge in [0.15, 0.2) is 0 Å². The van der Waals surface area contributed by atoms with Crippen molar-refractivity contribution in [3.63, 3.8) is 0 Å². The summed E-state index contributed by atoms with van der Waals surface area (Å²) in [6.07, 6.45) is 0.277. The Morgan fingerprint density at radius 3 is 2.69 bits per heavy atom. The quantitative estimate of drug-likeness (QED) is 0.458. The van der Waals surface area contributed by atoms with Crippen LogP contribution in [0.1, 0.15) is 11.1 Å². The second kappa shape index (κ2) is 7.14. The molecule has 142 valence electrons. The number of thiazole rings is 1. The third-order valence-corrected chi connectivity index (χ3v) is 5.73. The van der Waals surface area contributed by atoms with Gasteiger partial charge in [0.1, 0.15) is 0 Å². The van der Waals surface area contributed by atoms with Crippen molar-refractivity contribution in [3.8, 4) is 11.3 Å².